The van der Waals surface area contributed by atoms with Crippen LogP contribution in [0, 0.1) is 6.92 Å². The Morgan fingerprint density at radius 1 is 1.33 bits per heavy atom. The summed E-state index contributed by atoms with van der Waals surface area (Å²) in [5.41, 5.74) is 4.25. The molecule has 3 heteroatoms. The lowest BCUT2D eigenvalue weighted by Gasteiger charge is -2.46. The maximum Gasteiger partial charge on any atom is 0.326 e. The van der Waals surface area contributed by atoms with Crippen LogP contribution >= 0.6 is 0 Å². The van der Waals surface area contributed by atoms with E-state index in [1.54, 1.807) is 0 Å². The van der Waals surface area contributed by atoms with Crippen LogP contribution in [0.3, 0.4) is 0 Å². The van der Waals surface area contributed by atoms with E-state index < -0.39 is 12.0 Å². The summed E-state index contributed by atoms with van der Waals surface area (Å²) in [7, 11) is 0. The van der Waals surface area contributed by atoms with Gasteiger partial charge in [-0.15, -0.1) is 0 Å². The Hall–Kier alpha value is -1.77. The third kappa shape index (κ3) is 2.82. The summed E-state index contributed by atoms with van der Waals surface area (Å²) in [5, 5.41) is 9.69. The topological polar surface area (TPSA) is 40.5 Å². The smallest absolute Gasteiger partial charge is 0.326 e. The standard InChI is InChI=1S/C18H25NO2/c1-6-7-15(17(20)21)19-16-10-12(2)8-9-14(16)13(3)11-18(19,4)5/h8-11,15H,6-7H2,1-5H3,(H,20,21)/t15-/m1/s1. The van der Waals surface area contributed by atoms with Crippen LogP contribution in [0.2, 0.25) is 0 Å². The molecular formula is C18H25NO2. The molecule has 21 heavy (non-hydrogen) atoms. The zero-order valence-electron chi connectivity index (χ0n) is 13.6. The van der Waals surface area contributed by atoms with Gasteiger partial charge in [-0.05, 0) is 51.3 Å². The minimum Gasteiger partial charge on any atom is -0.480 e. The zero-order chi connectivity index (χ0) is 15.8. The maximum atomic E-state index is 11.8. The largest absolute Gasteiger partial charge is 0.480 e. The van der Waals surface area contributed by atoms with Crippen molar-refractivity contribution in [3.8, 4) is 0 Å². The van der Waals surface area contributed by atoms with E-state index in [0.29, 0.717) is 6.42 Å². The van der Waals surface area contributed by atoms with Crippen molar-refractivity contribution in [3.63, 3.8) is 0 Å². The summed E-state index contributed by atoms with van der Waals surface area (Å²) in [6.45, 7) is 10.4. The second-order valence-electron chi connectivity index (χ2n) is 6.51. The lowest BCUT2D eigenvalue weighted by atomic mass is 9.86. The number of aliphatic carboxylic acids is 1. The Morgan fingerprint density at radius 2 is 2.00 bits per heavy atom. The van der Waals surface area contributed by atoms with Crippen molar-refractivity contribution in [1.82, 2.24) is 0 Å². The average molecular weight is 287 g/mol. The summed E-state index contributed by atoms with van der Waals surface area (Å²) >= 11 is 0. The van der Waals surface area contributed by atoms with Crippen molar-refractivity contribution in [2.75, 3.05) is 4.90 Å². The maximum absolute atomic E-state index is 11.8. The number of rotatable bonds is 4. The SMILES string of the molecule is CCC[C@H](C(=O)O)N1c2cc(C)ccc2C(C)=CC1(C)C. The number of anilines is 1. The Balaban J connectivity index is 2.63. The molecule has 0 unspecified atom stereocenters. The quantitative estimate of drug-likeness (QED) is 0.900. The fourth-order valence-corrected chi connectivity index (χ4v) is 3.37. The Bertz CT molecular complexity index is 587. The number of allylic oxidation sites excluding steroid dienone is 1. The zero-order valence-corrected chi connectivity index (χ0v) is 13.6. The van der Waals surface area contributed by atoms with E-state index in [2.05, 4.69) is 56.9 Å². The first kappa shape index (κ1) is 15.6. The van der Waals surface area contributed by atoms with Gasteiger partial charge in [-0.1, -0.05) is 31.6 Å². The second-order valence-corrected chi connectivity index (χ2v) is 6.51. The minimum absolute atomic E-state index is 0.302. The fourth-order valence-electron chi connectivity index (χ4n) is 3.37. The number of aryl methyl sites for hydroxylation is 1. The number of carboxylic acids is 1. The highest BCUT2D eigenvalue weighted by molar-refractivity contribution is 5.87. The molecule has 1 N–H and O–H groups in total. The van der Waals surface area contributed by atoms with E-state index >= 15 is 0 Å². The van der Waals surface area contributed by atoms with Crippen molar-refractivity contribution in [2.24, 2.45) is 0 Å². The van der Waals surface area contributed by atoms with E-state index in [1.807, 2.05) is 6.92 Å². The molecule has 1 aliphatic heterocycles. The van der Waals surface area contributed by atoms with E-state index in [-0.39, 0.29) is 5.54 Å². The van der Waals surface area contributed by atoms with Gasteiger partial charge in [0, 0.05) is 11.3 Å². The predicted octanol–water partition coefficient (Wildman–Crippen LogP) is 4.25. The molecule has 1 aromatic carbocycles. The van der Waals surface area contributed by atoms with Crippen molar-refractivity contribution < 1.29 is 9.90 Å². The van der Waals surface area contributed by atoms with Crippen LogP contribution in [-0.4, -0.2) is 22.7 Å². The molecule has 0 aliphatic carbocycles. The van der Waals surface area contributed by atoms with Gasteiger partial charge < -0.3 is 10.0 Å². The van der Waals surface area contributed by atoms with Gasteiger partial charge in [0.15, 0.2) is 0 Å². The fraction of sp³-hybridized carbons (Fsp3) is 0.500. The number of carbonyl (C=O) groups is 1. The molecular weight excluding hydrogens is 262 g/mol. The Labute approximate surface area is 127 Å². The molecule has 0 fully saturated rings. The third-order valence-electron chi connectivity index (χ3n) is 4.19. The van der Waals surface area contributed by atoms with E-state index in [0.717, 1.165) is 23.2 Å². The summed E-state index contributed by atoms with van der Waals surface area (Å²) in [6, 6.07) is 5.81. The lowest BCUT2D eigenvalue weighted by Crippen LogP contribution is -2.54. The molecule has 1 atom stereocenters. The normalized spacial score (nSPS) is 18.0. The highest BCUT2D eigenvalue weighted by Crippen LogP contribution is 2.41. The first-order valence-corrected chi connectivity index (χ1v) is 7.60. The summed E-state index contributed by atoms with van der Waals surface area (Å²) in [4.78, 5) is 13.9. The van der Waals surface area contributed by atoms with Gasteiger partial charge in [-0.3, -0.25) is 0 Å². The highest BCUT2D eigenvalue weighted by atomic mass is 16.4. The molecule has 2 rings (SSSR count). The van der Waals surface area contributed by atoms with Crippen LogP contribution in [0.5, 0.6) is 0 Å². The van der Waals surface area contributed by atoms with E-state index in [4.69, 9.17) is 0 Å². The van der Waals surface area contributed by atoms with Gasteiger partial charge >= 0.3 is 5.97 Å². The number of fused-ring (bicyclic) bond motifs is 1. The molecule has 0 saturated heterocycles. The molecule has 0 radical (unpaired) electrons. The van der Waals surface area contributed by atoms with Crippen molar-refractivity contribution in [1.29, 1.82) is 0 Å². The van der Waals surface area contributed by atoms with Gasteiger partial charge in [0.25, 0.3) is 0 Å². The molecule has 1 heterocycles. The van der Waals surface area contributed by atoms with Crippen molar-refractivity contribution in [3.05, 3.63) is 35.4 Å². The second kappa shape index (κ2) is 5.55. The Morgan fingerprint density at radius 3 is 2.57 bits per heavy atom. The monoisotopic (exact) mass is 287 g/mol. The number of hydrogen-bond acceptors (Lipinski definition) is 2. The summed E-state index contributed by atoms with van der Waals surface area (Å²) < 4.78 is 0. The van der Waals surface area contributed by atoms with Crippen LogP contribution in [0.4, 0.5) is 5.69 Å². The van der Waals surface area contributed by atoms with Crippen LogP contribution < -0.4 is 4.90 Å². The van der Waals surface area contributed by atoms with Gasteiger partial charge in [0.1, 0.15) is 6.04 Å². The van der Waals surface area contributed by atoms with Crippen LogP contribution in [0.1, 0.15) is 51.7 Å². The Kier molecular flexibility index (Phi) is 4.13. The van der Waals surface area contributed by atoms with Crippen molar-refractivity contribution >= 4 is 17.2 Å². The first-order chi connectivity index (χ1) is 9.77. The van der Waals surface area contributed by atoms with Gasteiger partial charge in [0.2, 0.25) is 0 Å². The van der Waals surface area contributed by atoms with Crippen LogP contribution in [0.25, 0.3) is 5.57 Å². The molecule has 0 saturated carbocycles. The number of benzene rings is 1. The van der Waals surface area contributed by atoms with Gasteiger partial charge in [0.05, 0.1) is 5.54 Å². The van der Waals surface area contributed by atoms with E-state index in [9.17, 15) is 9.90 Å². The first-order valence-electron chi connectivity index (χ1n) is 7.60. The summed E-state index contributed by atoms with van der Waals surface area (Å²) in [6.07, 6.45) is 3.68. The van der Waals surface area contributed by atoms with Crippen LogP contribution in [-0.2, 0) is 4.79 Å². The summed E-state index contributed by atoms with van der Waals surface area (Å²) in [5.74, 6) is -0.745. The molecule has 0 spiro atoms. The van der Waals surface area contributed by atoms with Crippen LogP contribution in [0.15, 0.2) is 24.3 Å². The molecule has 1 aliphatic rings. The molecule has 0 bridgehead atoms. The molecule has 3 nitrogen and oxygen atoms in total. The number of nitrogens with zero attached hydrogens (tertiary/aromatic N) is 1. The lowest BCUT2D eigenvalue weighted by molar-refractivity contribution is -0.139. The molecule has 0 amide bonds. The third-order valence-corrected chi connectivity index (χ3v) is 4.19. The van der Waals surface area contributed by atoms with E-state index in [1.165, 1.54) is 5.57 Å². The highest BCUT2D eigenvalue weighted by Gasteiger charge is 2.38. The average Bonchev–Trinajstić information content (AvgIpc) is 2.36. The number of carboxylic acid groups (broad SMARTS) is 1. The molecule has 1 aromatic rings. The molecule has 114 valence electrons. The van der Waals surface area contributed by atoms with Gasteiger partial charge in [-0.25, -0.2) is 4.79 Å². The number of hydrogen-bond donors (Lipinski definition) is 1. The minimum atomic E-state index is -0.745. The van der Waals surface area contributed by atoms with Gasteiger partial charge in [-0.2, -0.15) is 0 Å². The van der Waals surface area contributed by atoms with Crippen molar-refractivity contribution in [2.45, 2.75) is 59.0 Å². The molecule has 0 aromatic heterocycles. The predicted molar refractivity (Wildman–Crippen MR) is 87.7 cm³/mol.